The minimum absolute atomic E-state index is 0.0212. The highest BCUT2D eigenvalue weighted by Gasteiger charge is 2.39. The number of likely N-dealkylation sites (tertiary alicyclic amines) is 1. The molecule has 0 aliphatic carbocycles. The standard InChI is InChI=1S/C32H46N4O8/c1-6-25-26(18-27(42-25)36-19-22(2)28(37)33-29(36)38)43-31(40)41-17-16-34(20-23-12-8-7-9-13-23)21-24-14-10-11-15-35(24)30(39)44-32(3,4)5/h7-9,12-13,19,24-27H,6,10-11,14-18,20-21H2,1-5H3,(H,33,37,38)/t24?,25-,26-,27-/m1/s1. The lowest BCUT2D eigenvalue weighted by Crippen LogP contribution is -2.51. The SMILES string of the molecule is CC[C@H]1O[C@@H](n2cc(C)c(=O)[nH]c2=O)C[C@H]1OC(=O)OCCN(Cc1ccccc1)CC1CCCCN1C(=O)OC(C)(C)C. The van der Waals surface area contributed by atoms with E-state index in [1.54, 1.807) is 6.92 Å². The number of rotatable bonds is 10. The molecule has 2 aliphatic rings. The summed E-state index contributed by atoms with van der Waals surface area (Å²) in [5.74, 6) is 0. The van der Waals surface area contributed by atoms with Gasteiger partial charge in [0.05, 0.1) is 6.10 Å². The van der Waals surface area contributed by atoms with E-state index in [1.165, 1.54) is 10.8 Å². The molecule has 4 rings (SSSR count). The van der Waals surface area contributed by atoms with Crippen LogP contribution in [0.3, 0.4) is 0 Å². The molecule has 3 heterocycles. The van der Waals surface area contributed by atoms with E-state index in [1.807, 2.05) is 62.9 Å². The zero-order chi connectivity index (χ0) is 31.9. The van der Waals surface area contributed by atoms with Gasteiger partial charge >= 0.3 is 17.9 Å². The summed E-state index contributed by atoms with van der Waals surface area (Å²) < 4.78 is 24.2. The lowest BCUT2D eigenvalue weighted by Gasteiger charge is -2.39. The summed E-state index contributed by atoms with van der Waals surface area (Å²) in [6.45, 7) is 11.5. The zero-order valence-corrected chi connectivity index (χ0v) is 26.5. The van der Waals surface area contributed by atoms with E-state index in [0.717, 1.165) is 24.8 Å². The first-order valence-corrected chi connectivity index (χ1v) is 15.5. The summed E-state index contributed by atoms with van der Waals surface area (Å²) in [6, 6.07) is 10.0. The van der Waals surface area contributed by atoms with Crippen molar-refractivity contribution in [2.45, 2.75) is 103 Å². The Morgan fingerprint density at radius 1 is 1.14 bits per heavy atom. The van der Waals surface area contributed by atoms with Crippen LogP contribution in [0.2, 0.25) is 0 Å². The molecule has 12 nitrogen and oxygen atoms in total. The molecule has 0 saturated carbocycles. The van der Waals surface area contributed by atoms with E-state index in [2.05, 4.69) is 9.88 Å². The van der Waals surface area contributed by atoms with Crippen molar-refractivity contribution < 1.29 is 28.5 Å². The van der Waals surface area contributed by atoms with Gasteiger partial charge in [0.25, 0.3) is 5.56 Å². The summed E-state index contributed by atoms with van der Waals surface area (Å²) >= 11 is 0. The van der Waals surface area contributed by atoms with Gasteiger partial charge in [-0.15, -0.1) is 0 Å². The molecule has 242 valence electrons. The lowest BCUT2D eigenvalue weighted by atomic mass is 10.0. The quantitative estimate of drug-likeness (QED) is 0.388. The maximum atomic E-state index is 13.0. The number of nitrogens with one attached hydrogen (secondary N) is 1. The van der Waals surface area contributed by atoms with Gasteiger partial charge in [-0.3, -0.25) is 19.2 Å². The van der Waals surface area contributed by atoms with E-state index in [-0.39, 0.29) is 25.2 Å². The predicted octanol–water partition coefficient (Wildman–Crippen LogP) is 4.36. The normalized spacial score (nSPS) is 22.2. The van der Waals surface area contributed by atoms with Crippen molar-refractivity contribution in [1.29, 1.82) is 0 Å². The fourth-order valence-electron chi connectivity index (χ4n) is 5.70. The lowest BCUT2D eigenvalue weighted by molar-refractivity contribution is -0.0386. The second-order valence-electron chi connectivity index (χ2n) is 12.6. The highest BCUT2D eigenvalue weighted by atomic mass is 16.7. The number of ether oxygens (including phenoxy) is 4. The number of benzene rings is 1. The number of hydrogen-bond donors (Lipinski definition) is 1. The topological polar surface area (TPSA) is 132 Å². The highest BCUT2D eigenvalue weighted by Crippen LogP contribution is 2.32. The number of nitrogens with zero attached hydrogens (tertiary/aromatic N) is 3. The smallest absolute Gasteiger partial charge is 0.444 e. The van der Waals surface area contributed by atoms with E-state index in [4.69, 9.17) is 18.9 Å². The number of aryl methyl sites for hydroxylation is 1. The number of H-pyrrole nitrogens is 1. The van der Waals surface area contributed by atoms with E-state index >= 15 is 0 Å². The van der Waals surface area contributed by atoms with Crippen LogP contribution in [-0.4, -0.2) is 81.7 Å². The number of aromatic nitrogens is 2. The van der Waals surface area contributed by atoms with Gasteiger partial charge in [-0.05, 0) is 58.9 Å². The number of aromatic amines is 1. The van der Waals surface area contributed by atoms with Crippen LogP contribution in [0, 0.1) is 6.92 Å². The van der Waals surface area contributed by atoms with Crippen molar-refractivity contribution in [2.24, 2.45) is 0 Å². The van der Waals surface area contributed by atoms with E-state index in [0.29, 0.717) is 38.2 Å². The van der Waals surface area contributed by atoms with Crippen LogP contribution in [-0.2, 0) is 25.5 Å². The summed E-state index contributed by atoms with van der Waals surface area (Å²) in [4.78, 5) is 56.2. The molecular formula is C32H46N4O8. The molecule has 2 saturated heterocycles. The van der Waals surface area contributed by atoms with Crippen molar-refractivity contribution in [3.8, 4) is 0 Å². The number of piperidine rings is 1. The summed E-state index contributed by atoms with van der Waals surface area (Å²) in [5, 5.41) is 0. The minimum atomic E-state index is -0.810. The maximum Gasteiger partial charge on any atom is 0.508 e. The van der Waals surface area contributed by atoms with Crippen molar-refractivity contribution in [1.82, 2.24) is 19.4 Å². The van der Waals surface area contributed by atoms with Crippen LogP contribution in [0.4, 0.5) is 9.59 Å². The summed E-state index contributed by atoms with van der Waals surface area (Å²) in [6.07, 6.45) is 2.28. The molecule has 12 heteroatoms. The third-order valence-corrected chi connectivity index (χ3v) is 7.89. The third-order valence-electron chi connectivity index (χ3n) is 7.89. The van der Waals surface area contributed by atoms with Gasteiger partial charge in [-0.2, -0.15) is 0 Å². The van der Waals surface area contributed by atoms with Crippen LogP contribution in [0.15, 0.2) is 46.1 Å². The largest absolute Gasteiger partial charge is 0.508 e. The van der Waals surface area contributed by atoms with Gasteiger partial charge in [0.1, 0.15) is 24.5 Å². The van der Waals surface area contributed by atoms with Crippen LogP contribution in [0.25, 0.3) is 0 Å². The van der Waals surface area contributed by atoms with Crippen LogP contribution in [0.5, 0.6) is 0 Å². The van der Waals surface area contributed by atoms with Crippen molar-refractivity contribution in [3.63, 3.8) is 0 Å². The van der Waals surface area contributed by atoms with Gasteiger partial charge in [-0.1, -0.05) is 37.3 Å². The summed E-state index contributed by atoms with van der Waals surface area (Å²) in [5.41, 5.74) is -0.108. The van der Waals surface area contributed by atoms with Crippen molar-refractivity contribution in [3.05, 3.63) is 68.5 Å². The van der Waals surface area contributed by atoms with Crippen LogP contribution >= 0.6 is 0 Å². The average Bonchev–Trinajstić information content (AvgIpc) is 3.37. The van der Waals surface area contributed by atoms with E-state index < -0.39 is 41.4 Å². The highest BCUT2D eigenvalue weighted by molar-refractivity contribution is 5.68. The molecule has 0 spiro atoms. The van der Waals surface area contributed by atoms with E-state index in [9.17, 15) is 19.2 Å². The fourth-order valence-corrected chi connectivity index (χ4v) is 5.70. The molecule has 1 N–H and O–H groups in total. The van der Waals surface area contributed by atoms with Crippen molar-refractivity contribution >= 4 is 12.2 Å². The second kappa shape index (κ2) is 14.9. The molecule has 0 bridgehead atoms. The van der Waals surface area contributed by atoms with Crippen LogP contribution in [0.1, 0.15) is 77.2 Å². The zero-order valence-electron chi connectivity index (χ0n) is 26.5. The van der Waals surface area contributed by atoms with Crippen LogP contribution < -0.4 is 11.2 Å². The first-order chi connectivity index (χ1) is 20.9. The Morgan fingerprint density at radius 2 is 1.89 bits per heavy atom. The number of carbonyl (C=O) groups excluding carboxylic acids is 2. The Labute approximate surface area is 258 Å². The Balaban J connectivity index is 1.36. The number of carbonyl (C=O) groups is 2. The molecule has 1 unspecified atom stereocenters. The molecule has 1 aromatic heterocycles. The number of amides is 1. The summed E-state index contributed by atoms with van der Waals surface area (Å²) in [7, 11) is 0. The fraction of sp³-hybridized carbons (Fsp3) is 0.625. The average molecular weight is 615 g/mol. The van der Waals surface area contributed by atoms with Crippen molar-refractivity contribution in [2.75, 3.05) is 26.2 Å². The first-order valence-electron chi connectivity index (χ1n) is 15.5. The molecule has 0 radical (unpaired) electrons. The van der Waals surface area contributed by atoms with Gasteiger partial charge in [0, 0.05) is 50.4 Å². The Morgan fingerprint density at radius 3 is 2.59 bits per heavy atom. The molecule has 4 atom stereocenters. The monoisotopic (exact) mass is 614 g/mol. The Bertz CT molecular complexity index is 1370. The molecule has 44 heavy (non-hydrogen) atoms. The number of hydrogen-bond acceptors (Lipinski definition) is 9. The molecule has 2 aromatic rings. The Hall–Kier alpha value is -3.64. The minimum Gasteiger partial charge on any atom is -0.444 e. The van der Waals surface area contributed by atoms with Gasteiger partial charge in [0.15, 0.2) is 0 Å². The first kappa shape index (κ1) is 33.3. The van der Waals surface area contributed by atoms with Gasteiger partial charge in [-0.25, -0.2) is 14.4 Å². The van der Waals surface area contributed by atoms with Gasteiger partial charge < -0.3 is 23.8 Å². The third kappa shape index (κ3) is 9.18. The molecule has 2 aliphatic heterocycles. The molecular weight excluding hydrogens is 568 g/mol. The second-order valence-corrected chi connectivity index (χ2v) is 12.6. The maximum absolute atomic E-state index is 13.0. The van der Waals surface area contributed by atoms with Gasteiger partial charge in [0.2, 0.25) is 0 Å². The Kier molecular flexibility index (Phi) is 11.3. The molecule has 1 amide bonds. The predicted molar refractivity (Wildman–Crippen MR) is 163 cm³/mol. The molecule has 2 fully saturated rings. The molecule has 1 aromatic carbocycles.